The Morgan fingerprint density at radius 3 is 2.77 bits per heavy atom. The summed E-state index contributed by atoms with van der Waals surface area (Å²) in [6.45, 7) is 4.38. The highest BCUT2D eigenvalue weighted by molar-refractivity contribution is 5.96. The molecule has 0 bridgehead atoms. The summed E-state index contributed by atoms with van der Waals surface area (Å²) in [6.07, 6.45) is 2.81. The molecule has 0 saturated heterocycles. The molecule has 1 fully saturated rings. The lowest BCUT2D eigenvalue weighted by Gasteiger charge is -2.19. The number of hydrogen-bond acceptors (Lipinski definition) is 3. The smallest absolute Gasteiger partial charge is 0.276 e. The van der Waals surface area contributed by atoms with E-state index in [9.17, 15) is 4.79 Å². The first-order valence-corrected chi connectivity index (χ1v) is 7.83. The maximum Gasteiger partial charge on any atom is 0.276 e. The summed E-state index contributed by atoms with van der Waals surface area (Å²) in [5.41, 5.74) is 4.02. The Morgan fingerprint density at radius 2 is 2.05 bits per heavy atom. The normalized spacial score (nSPS) is 21.0. The quantitative estimate of drug-likeness (QED) is 0.854. The van der Waals surface area contributed by atoms with E-state index in [1.165, 1.54) is 5.56 Å². The number of hydrogen-bond donors (Lipinski definition) is 0. The number of nitrogens with zero attached hydrogens (tertiary/aromatic N) is 2. The van der Waals surface area contributed by atoms with Gasteiger partial charge in [-0.05, 0) is 30.2 Å². The standard InChI is InChI=1S/C18H20N2O2/c1-18(2)10-14(18)20(3)17(21)15-13-9-8-11-6-4-5-7-12(11)16(13)22-19-15/h4-7,14H,8-10H2,1-3H3. The molecule has 4 rings (SSSR count). The van der Waals surface area contributed by atoms with Gasteiger partial charge >= 0.3 is 0 Å². The fourth-order valence-corrected chi connectivity index (χ4v) is 3.55. The molecule has 0 aliphatic heterocycles. The van der Waals surface area contributed by atoms with Crippen molar-refractivity contribution >= 4 is 5.91 Å². The molecule has 0 spiro atoms. The Hall–Kier alpha value is -2.10. The first-order chi connectivity index (χ1) is 10.5. The number of aryl methyl sites for hydroxylation is 1. The minimum absolute atomic E-state index is 0.0139. The summed E-state index contributed by atoms with van der Waals surface area (Å²) in [5.74, 6) is 0.758. The largest absolute Gasteiger partial charge is 0.355 e. The minimum Gasteiger partial charge on any atom is -0.355 e. The van der Waals surface area contributed by atoms with Gasteiger partial charge < -0.3 is 9.42 Å². The predicted octanol–water partition coefficient (Wildman–Crippen LogP) is 3.31. The van der Waals surface area contributed by atoms with E-state index in [1.54, 1.807) is 0 Å². The van der Waals surface area contributed by atoms with Gasteiger partial charge in [0.15, 0.2) is 11.5 Å². The number of carbonyl (C=O) groups is 1. The van der Waals surface area contributed by atoms with Crippen LogP contribution in [-0.2, 0) is 12.8 Å². The summed E-state index contributed by atoms with van der Waals surface area (Å²) < 4.78 is 5.54. The molecule has 1 amide bonds. The van der Waals surface area contributed by atoms with Crippen molar-refractivity contribution in [2.75, 3.05) is 7.05 Å². The molecular weight excluding hydrogens is 276 g/mol. The van der Waals surface area contributed by atoms with Crippen LogP contribution in [0.15, 0.2) is 28.8 Å². The number of rotatable bonds is 2. The van der Waals surface area contributed by atoms with Gasteiger partial charge in [-0.1, -0.05) is 43.3 Å². The lowest BCUT2D eigenvalue weighted by atomic mass is 9.89. The van der Waals surface area contributed by atoms with Crippen molar-refractivity contribution in [2.45, 2.75) is 39.2 Å². The number of carbonyl (C=O) groups excluding carboxylic acids is 1. The first kappa shape index (κ1) is 13.6. The number of benzene rings is 1. The van der Waals surface area contributed by atoms with Crippen molar-refractivity contribution in [1.29, 1.82) is 0 Å². The molecule has 1 atom stereocenters. The molecule has 22 heavy (non-hydrogen) atoms. The van der Waals surface area contributed by atoms with E-state index in [0.29, 0.717) is 11.7 Å². The van der Waals surface area contributed by atoms with Crippen LogP contribution < -0.4 is 0 Å². The summed E-state index contributed by atoms with van der Waals surface area (Å²) in [7, 11) is 1.87. The average Bonchev–Trinajstić information content (AvgIpc) is 2.97. The second kappa shape index (κ2) is 4.45. The Morgan fingerprint density at radius 1 is 1.32 bits per heavy atom. The fraction of sp³-hybridized carbons (Fsp3) is 0.444. The van der Waals surface area contributed by atoms with E-state index in [2.05, 4.69) is 25.1 Å². The van der Waals surface area contributed by atoms with E-state index in [4.69, 9.17) is 4.52 Å². The van der Waals surface area contributed by atoms with Crippen molar-refractivity contribution in [3.05, 3.63) is 41.1 Å². The molecule has 1 aromatic heterocycles. The van der Waals surface area contributed by atoms with Gasteiger partial charge in [-0.3, -0.25) is 4.79 Å². The Bertz CT molecular complexity index is 760. The van der Waals surface area contributed by atoms with Gasteiger partial charge in [0.05, 0.1) is 0 Å². The van der Waals surface area contributed by atoms with Gasteiger partial charge in [0.2, 0.25) is 0 Å². The van der Waals surface area contributed by atoms with E-state index in [1.807, 2.05) is 30.1 Å². The maximum atomic E-state index is 12.8. The zero-order valence-electron chi connectivity index (χ0n) is 13.2. The number of aromatic nitrogens is 1. The highest BCUT2D eigenvalue weighted by atomic mass is 16.5. The molecule has 4 heteroatoms. The Balaban J connectivity index is 1.69. The molecule has 4 nitrogen and oxygen atoms in total. The molecule has 2 aliphatic rings. The van der Waals surface area contributed by atoms with Crippen LogP contribution in [0.3, 0.4) is 0 Å². The second-order valence-corrected chi connectivity index (χ2v) is 7.12. The third-order valence-electron chi connectivity index (χ3n) is 5.15. The van der Waals surface area contributed by atoms with Gasteiger partial charge in [-0.15, -0.1) is 0 Å². The van der Waals surface area contributed by atoms with Crippen LogP contribution in [0, 0.1) is 5.41 Å². The maximum absolute atomic E-state index is 12.8. The van der Waals surface area contributed by atoms with Gasteiger partial charge in [0.1, 0.15) is 0 Å². The third kappa shape index (κ3) is 1.90. The van der Waals surface area contributed by atoms with E-state index in [0.717, 1.165) is 36.1 Å². The first-order valence-electron chi connectivity index (χ1n) is 7.83. The number of fused-ring (bicyclic) bond motifs is 3. The molecule has 1 heterocycles. The monoisotopic (exact) mass is 296 g/mol. The highest BCUT2D eigenvalue weighted by Gasteiger charge is 2.50. The molecule has 0 N–H and O–H groups in total. The van der Waals surface area contributed by atoms with Crippen LogP contribution in [-0.4, -0.2) is 29.1 Å². The van der Waals surface area contributed by atoms with Gasteiger partial charge in [-0.25, -0.2) is 0 Å². The Kier molecular flexibility index (Phi) is 2.74. The second-order valence-electron chi connectivity index (χ2n) is 7.12. The van der Waals surface area contributed by atoms with Gasteiger partial charge in [-0.2, -0.15) is 0 Å². The van der Waals surface area contributed by atoms with Crippen LogP contribution >= 0.6 is 0 Å². The molecule has 1 unspecified atom stereocenters. The highest BCUT2D eigenvalue weighted by Crippen LogP contribution is 2.48. The van der Waals surface area contributed by atoms with Crippen molar-refractivity contribution in [3.8, 4) is 11.3 Å². The molecule has 114 valence electrons. The molecule has 1 saturated carbocycles. The summed E-state index contributed by atoms with van der Waals surface area (Å²) in [5, 5.41) is 4.11. The topological polar surface area (TPSA) is 46.3 Å². The van der Waals surface area contributed by atoms with Crippen LogP contribution in [0.5, 0.6) is 0 Å². The van der Waals surface area contributed by atoms with E-state index >= 15 is 0 Å². The average molecular weight is 296 g/mol. The van der Waals surface area contributed by atoms with E-state index < -0.39 is 0 Å². The zero-order chi connectivity index (χ0) is 15.5. The van der Waals surface area contributed by atoms with Crippen molar-refractivity contribution < 1.29 is 9.32 Å². The molecule has 2 aromatic rings. The number of amides is 1. The van der Waals surface area contributed by atoms with Gasteiger partial charge in [0.25, 0.3) is 5.91 Å². The van der Waals surface area contributed by atoms with Crippen molar-refractivity contribution in [3.63, 3.8) is 0 Å². The minimum atomic E-state index is -0.0139. The SMILES string of the molecule is CN(C(=O)c1noc2c1CCc1ccccc1-2)C1CC1(C)C. The lowest BCUT2D eigenvalue weighted by molar-refractivity contribution is 0.0757. The summed E-state index contributed by atoms with van der Waals surface area (Å²) in [4.78, 5) is 14.6. The lowest BCUT2D eigenvalue weighted by Crippen LogP contribution is -2.32. The molecule has 0 radical (unpaired) electrons. The zero-order valence-corrected chi connectivity index (χ0v) is 13.2. The van der Waals surface area contributed by atoms with Crippen molar-refractivity contribution in [2.24, 2.45) is 5.41 Å². The molecule has 2 aliphatic carbocycles. The van der Waals surface area contributed by atoms with Gasteiger partial charge in [0, 0.05) is 24.2 Å². The van der Waals surface area contributed by atoms with Crippen LogP contribution in [0.4, 0.5) is 0 Å². The fourth-order valence-electron chi connectivity index (χ4n) is 3.55. The third-order valence-corrected chi connectivity index (χ3v) is 5.15. The van der Waals surface area contributed by atoms with Crippen LogP contribution in [0.25, 0.3) is 11.3 Å². The van der Waals surface area contributed by atoms with Crippen molar-refractivity contribution in [1.82, 2.24) is 10.1 Å². The predicted molar refractivity (Wildman–Crippen MR) is 83.6 cm³/mol. The molecular formula is C18H20N2O2. The summed E-state index contributed by atoms with van der Waals surface area (Å²) in [6, 6.07) is 8.50. The Labute approximate surface area is 130 Å². The van der Waals surface area contributed by atoms with Crippen LogP contribution in [0.2, 0.25) is 0 Å². The van der Waals surface area contributed by atoms with E-state index in [-0.39, 0.29) is 11.3 Å². The van der Waals surface area contributed by atoms with Crippen LogP contribution in [0.1, 0.15) is 41.9 Å². The molecule has 1 aromatic carbocycles. The summed E-state index contributed by atoms with van der Waals surface area (Å²) >= 11 is 0.